The third kappa shape index (κ3) is 4.82. The Morgan fingerprint density at radius 3 is 3.11 bits per heavy atom. The summed E-state index contributed by atoms with van der Waals surface area (Å²) < 4.78 is 11.2. The molecule has 104 valence electrons. The lowest BCUT2D eigenvalue weighted by atomic mass is 10.2. The molecule has 0 spiro atoms. The van der Waals surface area contributed by atoms with E-state index < -0.39 is 0 Å². The van der Waals surface area contributed by atoms with Crippen molar-refractivity contribution >= 4 is 11.3 Å². The van der Waals surface area contributed by atoms with Gasteiger partial charge in [-0.1, -0.05) is 13.0 Å². The van der Waals surface area contributed by atoms with Crippen molar-refractivity contribution in [2.75, 3.05) is 13.2 Å². The standard InChI is InChI=1S/C15H21NO2S/c1-2-7-16-11-15-13(5-9-18-15)12-17-8-6-14-4-3-10-19-14/h3-5,9-10,16H,2,6-8,11-12H2,1H3. The van der Waals surface area contributed by atoms with Crippen LogP contribution in [0.5, 0.6) is 0 Å². The fraction of sp³-hybridized carbons (Fsp3) is 0.467. The maximum Gasteiger partial charge on any atom is 0.123 e. The highest BCUT2D eigenvalue weighted by Crippen LogP contribution is 2.13. The second-order valence-electron chi connectivity index (χ2n) is 4.43. The molecule has 0 radical (unpaired) electrons. The normalized spacial score (nSPS) is 11.0. The third-order valence-electron chi connectivity index (χ3n) is 2.88. The Balaban J connectivity index is 1.69. The van der Waals surface area contributed by atoms with Crippen molar-refractivity contribution in [2.24, 2.45) is 0 Å². The summed E-state index contributed by atoms with van der Waals surface area (Å²) in [5.41, 5.74) is 1.15. The lowest BCUT2D eigenvalue weighted by molar-refractivity contribution is 0.123. The van der Waals surface area contributed by atoms with Gasteiger partial charge >= 0.3 is 0 Å². The third-order valence-corrected chi connectivity index (χ3v) is 3.82. The minimum Gasteiger partial charge on any atom is -0.468 e. The first-order valence-corrected chi connectivity index (χ1v) is 7.64. The largest absolute Gasteiger partial charge is 0.468 e. The van der Waals surface area contributed by atoms with Gasteiger partial charge in [-0.2, -0.15) is 0 Å². The van der Waals surface area contributed by atoms with Gasteiger partial charge in [-0.25, -0.2) is 0 Å². The van der Waals surface area contributed by atoms with Gasteiger partial charge in [-0.05, 0) is 30.5 Å². The van der Waals surface area contributed by atoms with Gasteiger partial charge in [0.2, 0.25) is 0 Å². The maximum absolute atomic E-state index is 5.72. The highest BCUT2D eigenvalue weighted by atomic mass is 32.1. The Morgan fingerprint density at radius 2 is 2.32 bits per heavy atom. The van der Waals surface area contributed by atoms with Gasteiger partial charge in [0.05, 0.1) is 26.0 Å². The highest BCUT2D eigenvalue weighted by molar-refractivity contribution is 7.09. The summed E-state index contributed by atoms with van der Waals surface area (Å²) >= 11 is 1.78. The van der Waals surface area contributed by atoms with Crippen molar-refractivity contribution in [1.29, 1.82) is 0 Å². The topological polar surface area (TPSA) is 34.4 Å². The van der Waals surface area contributed by atoms with E-state index in [1.807, 2.05) is 6.07 Å². The molecule has 0 unspecified atom stereocenters. The van der Waals surface area contributed by atoms with Crippen molar-refractivity contribution in [3.05, 3.63) is 46.0 Å². The van der Waals surface area contributed by atoms with E-state index in [2.05, 4.69) is 29.8 Å². The van der Waals surface area contributed by atoms with Crippen LogP contribution in [0, 0.1) is 0 Å². The highest BCUT2D eigenvalue weighted by Gasteiger charge is 2.06. The fourth-order valence-electron chi connectivity index (χ4n) is 1.84. The van der Waals surface area contributed by atoms with Crippen molar-refractivity contribution in [3.8, 4) is 0 Å². The summed E-state index contributed by atoms with van der Waals surface area (Å²) in [5.74, 6) is 0.990. The number of nitrogens with one attached hydrogen (secondary N) is 1. The number of ether oxygens (including phenoxy) is 1. The van der Waals surface area contributed by atoms with Crippen molar-refractivity contribution < 1.29 is 9.15 Å². The van der Waals surface area contributed by atoms with Gasteiger partial charge in [0, 0.05) is 16.9 Å². The lowest BCUT2D eigenvalue weighted by Crippen LogP contribution is -2.14. The summed E-state index contributed by atoms with van der Waals surface area (Å²) in [7, 11) is 0. The molecule has 0 fully saturated rings. The van der Waals surface area contributed by atoms with Gasteiger partial charge in [-0.3, -0.25) is 0 Å². The van der Waals surface area contributed by atoms with Crippen LogP contribution < -0.4 is 5.32 Å². The predicted molar refractivity (Wildman–Crippen MR) is 78.4 cm³/mol. The van der Waals surface area contributed by atoms with Gasteiger partial charge in [-0.15, -0.1) is 11.3 Å². The molecule has 2 aromatic heterocycles. The van der Waals surface area contributed by atoms with E-state index in [0.29, 0.717) is 6.61 Å². The second kappa shape index (κ2) is 8.15. The average molecular weight is 279 g/mol. The molecule has 0 aliphatic heterocycles. The molecule has 0 aliphatic rings. The minimum atomic E-state index is 0.630. The first kappa shape index (κ1) is 14.3. The molecule has 3 nitrogen and oxygen atoms in total. The summed E-state index contributed by atoms with van der Waals surface area (Å²) in [4.78, 5) is 1.37. The molecule has 2 rings (SSSR count). The van der Waals surface area contributed by atoms with E-state index in [9.17, 15) is 0 Å². The van der Waals surface area contributed by atoms with Crippen LogP contribution in [-0.2, 0) is 24.3 Å². The summed E-state index contributed by atoms with van der Waals surface area (Å²) in [5, 5.41) is 5.44. The number of thiophene rings is 1. The van der Waals surface area contributed by atoms with Gasteiger partial charge in [0.25, 0.3) is 0 Å². The van der Waals surface area contributed by atoms with E-state index in [0.717, 1.165) is 43.9 Å². The van der Waals surface area contributed by atoms with Crippen LogP contribution in [0.1, 0.15) is 29.5 Å². The Kier molecular flexibility index (Phi) is 6.14. The molecule has 19 heavy (non-hydrogen) atoms. The van der Waals surface area contributed by atoms with Crippen molar-refractivity contribution in [3.63, 3.8) is 0 Å². The minimum absolute atomic E-state index is 0.630. The zero-order valence-corrected chi connectivity index (χ0v) is 12.2. The molecule has 2 aromatic rings. The molecule has 0 saturated carbocycles. The van der Waals surface area contributed by atoms with E-state index in [1.54, 1.807) is 17.6 Å². The van der Waals surface area contributed by atoms with Gasteiger partial charge in [0.15, 0.2) is 0 Å². The number of rotatable bonds is 9. The van der Waals surface area contributed by atoms with Crippen LogP contribution in [0.2, 0.25) is 0 Å². The Hall–Kier alpha value is -1.10. The zero-order valence-electron chi connectivity index (χ0n) is 11.4. The predicted octanol–water partition coefficient (Wildman–Crippen LogP) is 3.60. The van der Waals surface area contributed by atoms with Crippen molar-refractivity contribution in [1.82, 2.24) is 5.32 Å². The molecular formula is C15H21NO2S. The van der Waals surface area contributed by atoms with Crippen LogP contribution >= 0.6 is 11.3 Å². The Morgan fingerprint density at radius 1 is 1.37 bits per heavy atom. The van der Waals surface area contributed by atoms with Crippen LogP contribution in [0.4, 0.5) is 0 Å². The van der Waals surface area contributed by atoms with Crippen LogP contribution in [0.25, 0.3) is 0 Å². The number of hydrogen-bond acceptors (Lipinski definition) is 4. The Bertz CT molecular complexity index is 450. The van der Waals surface area contributed by atoms with Gasteiger partial charge in [0.1, 0.15) is 5.76 Å². The second-order valence-corrected chi connectivity index (χ2v) is 5.46. The van der Waals surface area contributed by atoms with E-state index >= 15 is 0 Å². The van der Waals surface area contributed by atoms with E-state index in [4.69, 9.17) is 9.15 Å². The monoisotopic (exact) mass is 279 g/mol. The fourth-order valence-corrected chi connectivity index (χ4v) is 2.53. The molecule has 0 aliphatic carbocycles. The lowest BCUT2D eigenvalue weighted by Gasteiger charge is -2.05. The van der Waals surface area contributed by atoms with Gasteiger partial charge < -0.3 is 14.5 Å². The first-order chi connectivity index (χ1) is 9.40. The molecule has 0 aromatic carbocycles. The molecule has 0 bridgehead atoms. The summed E-state index contributed by atoms with van der Waals surface area (Å²) in [6.45, 7) is 5.34. The van der Waals surface area contributed by atoms with Crippen LogP contribution in [0.3, 0.4) is 0 Å². The van der Waals surface area contributed by atoms with Crippen molar-refractivity contribution in [2.45, 2.75) is 32.9 Å². The quantitative estimate of drug-likeness (QED) is 0.712. The molecule has 0 atom stereocenters. The van der Waals surface area contributed by atoms with Crippen LogP contribution in [-0.4, -0.2) is 13.2 Å². The average Bonchev–Trinajstić information content (AvgIpc) is 3.06. The molecule has 0 amide bonds. The molecular weight excluding hydrogens is 258 g/mol. The SMILES string of the molecule is CCCNCc1occc1COCCc1cccs1. The molecule has 2 heterocycles. The smallest absolute Gasteiger partial charge is 0.123 e. The number of furan rings is 1. The molecule has 1 N–H and O–H groups in total. The summed E-state index contributed by atoms with van der Waals surface area (Å²) in [6.07, 6.45) is 3.85. The zero-order chi connectivity index (χ0) is 13.3. The first-order valence-electron chi connectivity index (χ1n) is 6.76. The molecule has 0 saturated heterocycles. The maximum atomic E-state index is 5.72. The van der Waals surface area contributed by atoms with Crippen LogP contribution in [0.15, 0.2) is 34.3 Å². The molecule has 4 heteroatoms. The number of hydrogen-bond donors (Lipinski definition) is 1. The van der Waals surface area contributed by atoms with E-state index in [-0.39, 0.29) is 0 Å². The summed E-state index contributed by atoms with van der Waals surface area (Å²) in [6, 6.07) is 6.22. The Labute approximate surface area is 118 Å². The van der Waals surface area contributed by atoms with E-state index in [1.165, 1.54) is 4.88 Å².